The molecule has 1 aromatic heterocycles. The predicted octanol–water partition coefficient (Wildman–Crippen LogP) is 12.8. The molecule has 8 aromatic carbocycles. The molecule has 1 nitrogen and oxygen atoms in total. The van der Waals surface area contributed by atoms with Crippen molar-refractivity contribution in [1.29, 1.82) is 0 Å². The number of benzene rings is 8. The highest BCUT2D eigenvalue weighted by Crippen LogP contribution is 2.58. The van der Waals surface area contributed by atoms with E-state index in [0.717, 1.165) is 5.52 Å². The second kappa shape index (κ2) is 9.61. The van der Waals surface area contributed by atoms with Crippen molar-refractivity contribution in [3.8, 4) is 77.9 Å². The largest absolute Gasteiger partial charge is 0.256 e. The second-order valence-corrected chi connectivity index (χ2v) is 13.0. The van der Waals surface area contributed by atoms with Gasteiger partial charge < -0.3 is 0 Å². The molecule has 0 aliphatic heterocycles. The standard InChI is InChI=1S/C47H27N/c1-3-11-28(12-4-1)42-35-15-7-8-16-36(35)43(29-13-5-2-6-14-29)47-39-24-23-31(33-17-9-19-38(44(33)39)46(42)47)30-21-22-32-34-18-10-20-41-45(34)37(25-26-48-41)40(32)27-30/h1-27H. The molecule has 0 bridgehead atoms. The summed E-state index contributed by atoms with van der Waals surface area (Å²) < 4.78 is 0. The van der Waals surface area contributed by atoms with Crippen molar-refractivity contribution in [1.82, 2.24) is 4.98 Å². The summed E-state index contributed by atoms with van der Waals surface area (Å²) in [7, 11) is 0. The number of aromatic nitrogens is 1. The fourth-order valence-electron chi connectivity index (χ4n) is 8.69. The molecule has 11 rings (SSSR count). The molecule has 2 aliphatic rings. The Morgan fingerprint density at radius 2 is 0.854 bits per heavy atom. The Balaban J connectivity index is 1.22. The van der Waals surface area contributed by atoms with Crippen LogP contribution in [0.1, 0.15) is 0 Å². The van der Waals surface area contributed by atoms with Gasteiger partial charge in [-0.25, -0.2) is 0 Å². The van der Waals surface area contributed by atoms with E-state index in [1.54, 1.807) is 0 Å². The van der Waals surface area contributed by atoms with Gasteiger partial charge in [0.25, 0.3) is 0 Å². The first-order valence-electron chi connectivity index (χ1n) is 16.6. The zero-order chi connectivity index (χ0) is 31.3. The maximum atomic E-state index is 4.67. The third-order valence-corrected chi connectivity index (χ3v) is 10.6. The first-order valence-corrected chi connectivity index (χ1v) is 16.6. The Bertz CT molecular complexity index is 2710. The van der Waals surface area contributed by atoms with Crippen LogP contribution < -0.4 is 0 Å². The molecule has 0 fully saturated rings. The van der Waals surface area contributed by atoms with E-state index in [0.29, 0.717) is 0 Å². The van der Waals surface area contributed by atoms with Crippen LogP contribution >= 0.6 is 0 Å². The van der Waals surface area contributed by atoms with Gasteiger partial charge in [0.05, 0.1) is 5.52 Å². The molecule has 220 valence electrons. The quantitative estimate of drug-likeness (QED) is 0.195. The molecule has 0 saturated heterocycles. The number of fused-ring (bicyclic) bond motifs is 7. The highest BCUT2D eigenvalue weighted by Gasteiger charge is 2.31. The zero-order valence-electron chi connectivity index (χ0n) is 26.0. The Kier molecular flexibility index (Phi) is 5.17. The van der Waals surface area contributed by atoms with Crippen LogP contribution in [0.3, 0.4) is 0 Å². The lowest BCUT2D eigenvalue weighted by Crippen LogP contribution is -1.93. The summed E-state index contributed by atoms with van der Waals surface area (Å²) in [5.74, 6) is 0. The van der Waals surface area contributed by atoms with Crippen molar-refractivity contribution in [2.75, 3.05) is 0 Å². The smallest absolute Gasteiger partial charge is 0.0714 e. The van der Waals surface area contributed by atoms with Crippen molar-refractivity contribution >= 4 is 32.4 Å². The fraction of sp³-hybridized carbons (Fsp3) is 0. The van der Waals surface area contributed by atoms with Gasteiger partial charge in [-0.2, -0.15) is 0 Å². The minimum atomic E-state index is 1.06. The lowest BCUT2D eigenvalue weighted by atomic mass is 9.82. The van der Waals surface area contributed by atoms with E-state index >= 15 is 0 Å². The van der Waals surface area contributed by atoms with Gasteiger partial charge in [0.2, 0.25) is 0 Å². The summed E-state index contributed by atoms with van der Waals surface area (Å²) in [4.78, 5) is 4.67. The van der Waals surface area contributed by atoms with Gasteiger partial charge >= 0.3 is 0 Å². The van der Waals surface area contributed by atoms with E-state index in [1.165, 1.54) is 105 Å². The second-order valence-electron chi connectivity index (χ2n) is 13.0. The van der Waals surface area contributed by atoms with Gasteiger partial charge in [-0.05, 0) is 118 Å². The first kappa shape index (κ1) is 25.8. The molecule has 0 amide bonds. The molecule has 0 saturated carbocycles. The van der Waals surface area contributed by atoms with Crippen LogP contribution in [-0.2, 0) is 0 Å². The lowest BCUT2D eigenvalue weighted by Gasteiger charge is -2.20. The highest BCUT2D eigenvalue weighted by atomic mass is 14.6. The number of hydrogen-bond donors (Lipinski definition) is 0. The number of nitrogens with zero attached hydrogens (tertiary/aromatic N) is 1. The molecule has 9 aromatic rings. The topological polar surface area (TPSA) is 12.9 Å². The van der Waals surface area contributed by atoms with Gasteiger partial charge in [0.15, 0.2) is 0 Å². The minimum absolute atomic E-state index is 1.06. The first-order chi connectivity index (χ1) is 23.8. The molecule has 0 radical (unpaired) electrons. The average molecular weight is 606 g/mol. The van der Waals surface area contributed by atoms with Gasteiger partial charge in [-0.3, -0.25) is 4.98 Å². The highest BCUT2D eigenvalue weighted by molar-refractivity contribution is 6.29. The molecular formula is C47H27N. The van der Waals surface area contributed by atoms with Crippen LogP contribution in [0.4, 0.5) is 0 Å². The van der Waals surface area contributed by atoms with Crippen molar-refractivity contribution in [3.05, 3.63) is 164 Å². The third-order valence-electron chi connectivity index (χ3n) is 10.6. The van der Waals surface area contributed by atoms with Crippen LogP contribution in [0, 0.1) is 0 Å². The third kappa shape index (κ3) is 3.37. The summed E-state index contributed by atoms with van der Waals surface area (Å²) in [5, 5.41) is 6.46. The number of rotatable bonds is 3. The van der Waals surface area contributed by atoms with E-state index in [1.807, 2.05) is 6.20 Å². The molecule has 48 heavy (non-hydrogen) atoms. The maximum Gasteiger partial charge on any atom is 0.0714 e. The zero-order valence-corrected chi connectivity index (χ0v) is 26.0. The van der Waals surface area contributed by atoms with Crippen molar-refractivity contribution in [3.63, 3.8) is 0 Å². The normalized spacial score (nSPS) is 12.2. The maximum absolute atomic E-state index is 4.67. The Hall–Kier alpha value is -6.31. The average Bonchev–Trinajstić information content (AvgIpc) is 3.66. The molecule has 0 N–H and O–H groups in total. The van der Waals surface area contributed by atoms with E-state index < -0.39 is 0 Å². The summed E-state index contributed by atoms with van der Waals surface area (Å²) in [5.41, 5.74) is 19.1. The summed E-state index contributed by atoms with van der Waals surface area (Å²) in [6.07, 6.45) is 1.94. The SMILES string of the molecule is c1ccc(-c2c3c(c(-c4ccccc4)c4ccccc24)-c2ccc(-c4ccc5c(c4)-c4ccnc6cccc-5c46)c4cccc-3c24)cc1. The van der Waals surface area contributed by atoms with E-state index in [9.17, 15) is 0 Å². The molecule has 0 spiro atoms. The van der Waals surface area contributed by atoms with Crippen LogP contribution in [0.15, 0.2) is 164 Å². The minimum Gasteiger partial charge on any atom is -0.256 e. The number of hydrogen-bond acceptors (Lipinski definition) is 1. The number of pyridine rings is 1. The lowest BCUT2D eigenvalue weighted by molar-refractivity contribution is 1.42. The Morgan fingerprint density at radius 3 is 1.58 bits per heavy atom. The van der Waals surface area contributed by atoms with Gasteiger partial charge in [0, 0.05) is 11.6 Å². The van der Waals surface area contributed by atoms with Crippen LogP contribution in [0.2, 0.25) is 0 Å². The molecule has 0 atom stereocenters. The monoisotopic (exact) mass is 605 g/mol. The summed E-state index contributed by atoms with van der Waals surface area (Å²) in [6, 6.07) is 58.2. The fourth-order valence-corrected chi connectivity index (χ4v) is 8.69. The van der Waals surface area contributed by atoms with Gasteiger partial charge in [-0.15, -0.1) is 0 Å². The van der Waals surface area contributed by atoms with Crippen LogP contribution in [-0.4, -0.2) is 4.98 Å². The van der Waals surface area contributed by atoms with Crippen molar-refractivity contribution in [2.24, 2.45) is 0 Å². The van der Waals surface area contributed by atoms with Gasteiger partial charge in [0.1, 0.15) is 0 Å². The molecule has 1 heteroatoms. The summed E-state index contributed by atoms with van der Waals surface area (Å²) >= 11 is 0. The Morgan fingerprint density at radius 1 is 0.292 bits per heavy atom. The van der Waals surface area contributed by atoms with Crippen molar-refractivity contribution in [2.45, 2.75) is 0 Å². The van der Waals surface area contributed by atoms with E-state index in [4.69, 9.17) is 0 Å². The van der Waals surface area contributed by atoms with E-state index in [-0.39, 0.29) is 0 Å². The van der Waals surface area contributed by atoms with E-state index in [2.05, 4.69) is 163 Å². The van der Waals surface area contributed by atoms with Crippen LogP contribution in [0.5, 0.6) is 0 Å². The molecule has 0 unspecified atom stereocenters. The Labute approximate surface area is 278 Å². The van der Waals surface area contributed by atoms with Gasteiger partial charge in [-0.1, -0.05) is 140 Å². The predicted molar refractivity (Wildman–Crippen MR) is 202 cm³/mol. The van der Waals surface area contributed by atoms with Crippen LogP contribution in [0.25, 0.3) is 110 Å². The molecule has 1 heterocycles. The molecule has 2 aliphatic carbocycles. The molecular weight excluding hydrogens is 579 g/mol. The summed E-state index contributed by atoms with van der Waals surface area (Å²) in [6.45, 7) is 0. The van der Waals surface area contributed by atoms with Crippen molar-refractivity contribution < 1.29 is 0 Å².